The highest BCUT2D eigenvalue weighted by atomic mass is 32.2. The molecule has 128 valence electrons. The summed E-state index contributed by atoms with van der Waals surface area (Å²) in [4.78, 5) is 12.3. The SMILES string of the molecule is CCCCCC=CC(C)C(NC)C(=O)NS(=O)(=O)C1(C)CC1. The molecule has 1 rings (SSSR count). The van der Waals surface area contributed by atoms with E-state index in [0.29, 0.717) is 12.8 Å². The Morgan fingerprint density at radius 1 is 1.32 bits per heavy atom. The fourth-order valence-corrected chi connectivity index (χ4v) is 3.61. The lowest BCUT2D eigenvalue weighted by Crippen LogP contribution is -2.50. The van der Waals surface area contributed by atoms with Gasteiger partial charge in [0.25, 0.3) is 5.91 Å². The van der Waals surface area contributed by atoms with Gasteiger partial charge in [-0.05, 0) is 45.6 Å². The number of unbranched alkanes of at least 4 members (excludes halogenated alkanes) is 3. The summed E-state index contributed by atoms with van der Waals surface area (Å²) in [7, 11) is -1.89. The van der Waals surface area contributed by atoms with Crippen LogP contribution in [0.4, 0.5) is 0 Å². The molecule has 0 aliphatic heterocycles. The van der Waals surface area contributed by atoms with Crippen molar-refractivity contribution in [1.82, 2.24) is 10.0 Å². The summed E-state index contributed by atoms with van der Waals surface area (Å²) in [6.45, 7) is 5.76. The number of hydrogen-bond donors (Lipinski definition) is 2. The fourth-order valence-electron chi connectivity index (χ4n) is 2.33. The molecule has 0 aromatic heterocycles. The Bertz CT molecular complexity index is 496. The summed E-state index contributed by atoms with van der Waals surface area (Å²) >= 11 is 0. The second-order valence-electron chi connectivity index (χ2n) is 6.47. The van der Waals surface area contributed by atoms with Crippen LogP contribution in [0.1, 0.15) is 59.3 Å². The standard InChI is InChI=1S/C16H30N2O3S/c1-5-6-7-8-9-10-13(2)14(17-4)15(19)18-22(20,21)16(3)11-12-16/h9-10,13-14,17H,5-8,11-12H2,1-4H3,(H,18,19). The van der Waals surface area contributed by atoms with E-state index in [0.717, 1.165) is 12.8 Å². The van der Waals surface area contributed by atoms with Crippen LogP contribution in [0.3, 0.4) is 0 Å². The number of rotatable bonds is 10. The predicted octanol–water partition coefficient (Wildman–Crippen LogP) is 2.35. The summed E-state index contributed by atoms with van der Waals surface area (Å²) in [6, 6.07) is -0.542. The maximum absolute atomic E-state index is 12.3. The number of nitrogens with one attached hydrogen (secondary N) is 2. The van der Waals surface area contributed by atoms with E-state index in [9.17, 15) is 13.2 Å². The van der Waals surface area contributed by atoms with Crippen molar-refractivity contribution in [3.05, 3.63) is 12.2 Å². The van der Waals surface area contributed by atoms with Gasteiger partial charge in [0.05, 0.1) is 10.8 Å². The quantitative estimate of drug-likeness (QED) is 0.476. The lowest BCUT2D eigenvalue weighted by atomic mass is 10.0. The van der Waals surface area contributed by atoms with Crippen LogP contribution in [0, 0.1) is 5.92 Å². The van der Waals surface area contributed by atoms with Crippen molar-refractivity contribution >= 4 is 15.9 Å². The van der Waals surface area contributed by atoms with Crippen molar-refractivity contribution in [1.29, 1.82) is 0 Å². The Kier molecular flexibility index (Phi) is 7.06. The van der Waals surface area contributed by atoms with Gasteiger partial charge in [-0.3, -0.25) is 9.52 Å². The molecule has 1 aliphatic carbocycles. The molecule has 2 N–H and O–H groups in total. The third kappa shape index (κ3) is 5.09. The van der Waals surface area contributed by atoms with Gasteiger partial charge in [-0.15, -0.1) is 0 Å². The molecule has 1 aliphatic rings. The monoisotopic (exact) mass is 330 g/mol. The Balaban J connectivity index is 2.56. The van der Waals surface area contributed by atoms with E-state index in [2.05, 4.69) is 23.0 Å². The van der Waals surface area contributed by atoms with Crippen molar-refractivity contribution in [2.45, 2.75) is 70.1 Å². The zero-order valence-corrected chi connectivity index (χ0v) is 15.0. The number of allylic oxidation sites excluding steroid dienone is 1. The molecule has 2 atom stereocenters. The predicted molar refractivity (Wildman–Crippen MR) is 90.0 cm³/mol. The molecule has 0 aromatic carbocycles. The molecule has 6 heteroatoms. The van der Waals surface area contributed by atoms with Gasteiger partial charge in [0.1, 0.15) is 0 Å². The minimum atomic E-state index is -3.57. The van der Waals surface area contributed by atoms with Crippen molar-refractivity contribution in [2.24, 2.45) is 5.92 Å². The highest BCUT2D eigenvalue weighted by molar-refractivity contribution is 7.91. The van der Waals surface area contributed by atoms with Crippen molar-refractivity contribution < 1.29 is 13.2 Å². The van der Waals surface area contributed by atoms with Gasteiger partial charge in [0, 0.05) is 0 Å². The molecule has 0 saturated heterocycles. The molecule has 0 radical (unpaired) electrons. The minimum absolute atomic E-state index is 0.0613. The Morgan fingerprint density at radius 3 is 2.45 bits per heavy atom. The fraction of sp³-hybridized carbons (Fsp3) is 0.812. The maximum atomic E-state index is 12.3. The number of carbonyl (C=O) groups is 1. The van der Waals surface area contributed by atoms with Gasteiger partial charge in [0.2, 0.25) is 10.0 Å². The molecule has 0 heterocycles. The molecule has 1 saturated carbocycles. The molecule has 0 bridgehead atoms. The number of sulfonamides is 1. The summed E-state index contributed by atoms with van der Waals surface area (Å²) in [5.74, 6) is -0.532. The topological polar surface area (TPSA) is 75.3 Å². The van der Waals surface area contributed by atoms with Crippen molar-refractivity contribution in [3.63, 3.8) is 0 Å². The Labute approximate surface area is 135 Å². The lowest BCUT2D eigenvalue weighted by Gasteiger charge is -2.21. The normalized spacial score (nSPS) is 19.8. The van der Waals surface area contributed by atoms with E-state index in [1.54, 1.807) is 14.0 Å². The summed E-state index contributed by atoms with van der Waals surface area (Å²) in [6.07, 6.45) is 9.82. The van der Waals surface area contributed by atoms with Gasteiger partial charge >= 0.3 is 0 Å². The van der Waals surface area contributed by atoms with Gasteiger partial charge < -0.3 is 5.32 Å². The smallest absolute Gasteiger partial charge is 0.251 e. The maximum Gasteiger partial charge on any atom is 0.251 e. The van der Waals surface area contributed by atoms with Crippen LogP contribution in [-0.2, 0) is 14.8 Å². The zero-order chi connectivity index (χ0) is 16.8. The number of likely N-dealkylation sites (N-methyl/N-ethyl adjacent to an activating group) is 1. The van der Waals surface area contributed by atoms with Gasteiger partial charge in [-0.25, -0.2) is 8.42 Å². The summed E-state index contributed by atoms with van der Waals surface area (Å²) < 4.78 is 25.7. The van der Waals surface area contributed by atoms with Crippen LogP contribution < -0.4 is 10.0 Å². The van der Waals surface area contributed by atoms with Crippen LogP contribution in [0.2, 0.25) is 0 Å². The zero-order valence-electron chi connectivity index (χ0n) is 14.2. The molecular formula is C16H30N2O3S. The number of hydrogen-bond acceptors (Lipinski definition) is 4. The van der Waals surface area contributed by atoms with Crippen LogP contribution in [0.15, 0.2) is 12.2 Å². The van der Waals surface area contributed by atoms with E-state index >= 15 is 0 Å². The lowest BCUT2D eigenvalue weighted by molar-refractivity contribution is -0.122. The van der Waals surface area contributed by atoms with Gasteiger partial charge in [0.15, 0.2) is 0 Å². The van der Waals surface area contributed by atoms with Crippen molar-refractivity contribution in [2.75, 3.05) is 7.05 Å². The second-order valence-corrected chi connectivity index (χ2v) is 8.67. The van der Waals surface area contributed by atoms with Gasteiger partial charge in [-0.1, -0.05) is 38.8 Å². The average Bonchev–Trinajstić information content (AvgIpc) is 3.18. The van der Waals surface area contributed by atoms with Crippen LogP contribution in [0.25, 0.3) is 0 Å². The van der Waals surface area contributed by atoms with E-state index in [1.807, 2.05) is 13.0 Å². The third-order valence-electron chi connectivity index (χ3n) is 4.37. The average molecular weight is 330 g/mol. The summed E-state index contributed by atoms with van der Waals surface area (Å²) in [5.41, 5.74) is 0. The first-order valence-electron chi connectivity index (χ1n) is 8.17. The third-order valence-corrected chi connectivity index (χ3v) is 6.55. The van der Waals surface area contributed by atoms with E-state index in [4.69, 9.17) is 0 Å². The van der Waals surface area contributed by atoms with Gasteiger partial charge in [-0.2, -0.15) is 0 Å². The second kappa shape index (κ2) is 8.11. The van der Waals surface area contributed by atoms with E-state index in [-0.39, 0.29) is 5.92 Å². The van der Waals surface area contributed by atoms with E-state index < -0.39 is 26.7 Å². The van der Waals surface area contributed by atoms with E-state index in [1.165, 1.54) is 12.8 Å². The largest absolute Gasteiger partial charge is 0.308 e. The first-order valence-corrected chi connectivity index (χ1v) is 9.66. The number of amides is 1. The Morgan fingerprint density at radius 2 is 1.95 bits per heavy atom. The van der Waals surface area contributed by atoms with Crippen LogP contribution >= 0.6 is 0 Å². The first-order chi connectivity index (χ1) is 10.3. The molecule has 1 fully saturated rings. The van der Waals surface area contributed by atoms with Crippen LogP contribution in [-0.4, -0.2) is 32.2 Å². The highest BCUT2D eigenvalue weighted by Crippen LogP contribution is 2.42. The number of carbonyl (C=O) groups excluding carboxylic acids is 1. The molecule has 2 unspecified atom stereocenters. The summed E-state index contributed by atoms with van der Waals surface area (Å²) in [5, 5.41) is 2.92. The molecule has 5 nitrogen and oxygen atoms in total. The molecule has 0 aromatic rings. The molecular weight excluding hydrogens is 300 g/mol. The highest BCUT2D eigenvalue weighted by Gasteiger charge is 2.51. The van der Waals surface area contributed by atoms with Crippen LogP contribution in [0.5, 0.6) is 0 Å². The Hall–Kier alpha value is -0.880. The minimum Gasteiger partial charge on any atom is -0.308 e. The molecule has 0 spiro atoms. The van der Waals surface area contributed by atoms with Crippen molar-refractivity contribution in [3.8, 4) is 0 Å². The molecule has 22 heavy (non-hydrogen) atoms. The first kappa shape index (κ1) is 19.2. The molecule has 1 amide bonds.